The molecule has 0 amide bonds. The lowest BCUT2D eigenvalue weighted by molar-refractivity contribution is -0.144. The number of hydrogen-bond acceptors (Lipinski definition) is 4. The number of carbonyl (C=O) groups excluding carboxylic acids is 1. The van der Waals surface area contributed by atoms with Crippen LogP contribution in [-0.4, -0.2) is 24.4 Å². The Kier molecular flexibility index (Phi) is 7.61. The van der Waals surface area contributed by atoms with Crippen molar-refractivity contribution in [2.75, 3.05) is 12.4 Å². The Hall–Kier alpha value is -0.420. The first kappa shape index (κ1) is 16.6. The minimum Gasteiger partial charge on any atom is -0.465 e. The summed E-state index contributed by atoms with van der Waals surface area (Å²) in [6, 6.07) is 5.01. The van der Waals surface area contributed by atoms with E-state index in [9.17, 15) is 4.79 Å². The maximum atomic E-state index is 11.3. The molecule has 0 spiro atoms. The molecular weight excluding hydrogens is 305 g/mol. The van der Waals surface area contributed by atoms with Crippen LogP contribution in [-0.2, 0) is 15.3 Å². The van der Waals surface area contributed by atoms with Gasteiger partial charge >= 0.3 is 5.97 Å². The van der Waals surface area contributed by atoms with Gasteiger partial charge in [-0.05, 0) is 30.7 Å². The zero-order valence-electron chi connectivity index (χ0n) is 10.7. The third-order valence-electron chi connectivity index (χ3n) is 2.45. The molecule has 19 heavy (non-hydrogen) atoms. The van der Waals surface area contributed by atoms with Gasteiger partial charge in [0, 0.05) is 5.75 Å². The average molecular weight is 322 g/mol. The van der Waals surface area contributed by atoms with Crippen LogP contribution < -0.4 is 5.73 Å². The monoisotopic (exact) mass is 321 g/mol. The maximum absolute atomic E-state index is 11.3. The summed E-state index contributed by atoms with van der Waals surface area (Å²) in [7, 11) is 0. The first-order valence-electron chi connectivity index (χ1n) is 5.99. The highest BCUT2D eigenvalue weighted by Crippen LogP contribution is 2.28. The molecule has 1 aromatic rings. The van der Waals surface area contributed by atoms with E-state index in [2.05, 4.69) is 0 Å². The highest BCUT2D eigenvalue weighted by molar-refractivity contribution is 7.98. The molecule has 0 bridgehead atoms. The number of halogens is 2. The predicted octanol–water partition coefficient (Wildman–Crippen LogP) is 3.51. The van der Waals surface area contributed by atoms with Crippen LogP contribution in [0.2, 0.25) is 10.0 Å². The predicted molar refractivity (Wildman–Crippen MR) is 81.8 cm³/mol. The van der Waals surface area contributed by atoms with Crippen LogP contribution in [0.25, 0.3) is 0 Å². The lowest BCUT2D eigenvalue weighted by Gasteiger charge is -2.10. The van der Waals surface area contributed by atoms with Gasteiger partial charge in [-0.25, -0.2) is 0 Å². The Morgan fingerprint density at radius 3 is 2.89 bits per heavy atom. The standard InChI is InChI=1S/C13H17Cl2NO2S/c1-2-18-13(17)11(16)6-7-19-8-9-4-3-5-10(14)12(9)15/h3-5,11H,2,6-8,16H2,1H3. The van der Waals surface area contributed by atoms with Crippen molar-refractivity contribution < 1.29 is 9.53 Å². The molecule has 0 heterocycles. The smallest absolute Gasteiger partial charge is 0.322 e. The van der Waals surface area contributed by atoms with E-state index in [1.54, 1.807) is 24.8 Å². The number of carbonyl (C=O) groups is 1. The lowest BCUT2D eigenvalue weighted by Crippen LogP contribution is -2.32. The van der Waals surface area contributed by atoms with Crippen molar-refractivity contribution in [3.8, 4) is 0 Å². The van der Waals surface area contributed by atoms with Crippen molar-refractivity contribution in [1.82, 2.24) is 0 Å². The number of benzene rings is 1. The quantitative estimate of drug-likeness (QED) is 0.616. The van der Waals surface area contributed by atoms with Gasteiger partial charge in [-0.1, -0.05) is 35.3 Å². The molecule has 0 saturated carbocycles. The highest BCUT2D eigenvalue weighted by Gasteiger charge is 2.14. The van der Waals surface area contributed by atoms with E-state index in [0.29, 0.717) is 23.1 Å². The summed E-state index contributed by atoms with van der Waals surface area (Å²) in [6.07, 6.45) is 0.585. The normalized spacial score (nSPS) is 12.2. The summed E-state index contributed by atoms with van der Waals surface area (Å²) in [5, 5.41) is 1.15. The van der Waals surface area contributed by atoms with Crippen LogP contribution >= 0.6 is 35.0 Å². The number of rotatable bonds is 7. The molecule has 106 valence electrons. The fraction of sp³-hybridized carbons (Fsp3) is 0.462. The lowest BCUT2D eigenvalue weighted by atomic mass is 10.2. The molecule has 2 N–H and O–H groups in total. The van der Waals surface area contributed by atoms with Gasteiger partial charge in [0.05, 0.1) is 16.7 Å². The van der Waals surface area contributed by atoms with Crippen LogP contribution in [0, 0.1) is 0 Å². The number of ether oxygens (including phenoxy) is 1. The van der Waals surface area contributed by atoms with Crippen molar-refractivity contribution in [2.45, 2.75) is 25.1 Å². The molecule has 0 aliphatic rings. The molecule has 0 fully saturated rings. The fourth-order valence-corrected chi connectivity index (χ4v) is 2.91. The molecule has 0 aliphatic carbocycles. The van der Waals surface area contributed by atoms with E-state index in [1.165, 1.54) is 0 Å². The SMILES string of the molecule is CCOC(=O)C(N)CCSCc1cccc(Cl)c1Cl. The second kappa shape index (κ2) is 8.69. The molecule has 1 atom stereocenters. The fourth-order valence-electron chi connectivity index (χ4n) is 1.42. The molecule has 3 nitrogen and oxygen atoms in total. The largest absolute Gasteiger partial charge is 0.465 e. The van der Waals surface area contributed by atoms with Crippen LogP contribution in [0.5, 0.6) is 0 Å². The first-order chi connectivity index (χ1) is 9.06. The summed E-state index contributed by atoms with van der Waals surface area (Å²) >= 11 is 13.7. The van der Waals surface area contributed by atoms with Gasteiger partial charge in [0.2, 0.25) is 0 Å². The molecule has 1 rings (SSSR count). The van der Waals surface area contributed by atoms with Crippen LogP contribution in [0.15, 0.2) is 18.2 Å². The van der Waals surface area contributed by atoms with Crippen molar-refractivity contribution >= 4 is 40.9 Å². The highest BCUT2D eigenvalue weighted by atomic mass is 35.5. The zero-order valence-corrected chi connectivity index (χ0v) is 13.0. The van der Waals surface area contributed by atoms with E-state index in [4.69, 9.17) is 33.7 Å². The Morgan fingerprint density at radius 1 is 1.47 bits per heavy atom. The minimum atomic E-state index is -0.553. The van der Waals surface area contributed by atoms with Gasteiger partial charge in [-0.15, -0.1) is 0 Å². The number of hydrogen-bond donors (Lipinski definition) is 1. The van der Waals surface area contributed by atoms with E-state index in [0.717, 1.165) is 17.1 Å². The second-order valence-electron chi connectivity index (χ2n) is 3.91. The summed E-state index contributed by atoms with van der Waals surface area (Å²) in [4.78, 5) is 11.3. The van der Waals surface area contributed by atoms with Gasteiger partial charge in [-0.3, -0.25) is 4.79 Å². The first-order valence-corrected chi connectivity index (χ1v) is 7.90. The Morgan fingerprint density at radius 2 is 2.21 bits per heavy atom. The average Bonchev–Trinajstić information content (AvgIpc) is 2.39. The van der Waals surface area contributed by atoms with Crippen LogP contribution in [0.4, 0.5) is 0 Å². The third kappa shape index (κ3) is 5.61. The van der Waals surface area contributed by atoms with Crippen LogP contribution in [0.3, 0.4) is 0 Å². The van der Waals surface area contributed by atoms with Gasteiger partial charge in [0.1, 0.15) is 6.04 Å². The van der Waals surface area contributed by atoms with E-state index < -0.39 is 6.04 Å². The minimum absolute atomic E-state index is 0.344. The molecule has 0 radical (unpaired) electrons. The van der Waals surface area contributed by atoms with Crippen molar-refractivity contribution in [2.24, 2.45) is 5.73 Å². The molecule has 1 aromatic carbocycles. The van der Waals surface area contributed by atoms with E-state index >= 15 is 0 Å². The van der Waals surface area contributed by atoms with E-state index in [1.807, 2.05) is 12.1 Å². The second-order valence-corrected chi connectivity index (χ2v) is 5.80. The van der Waals surface area contributed by atoms with Crippen molar-refractivity contribution in [3.63, 3.8) is 0 Å². The summed E-state index contributed by atoms with van der Waals surface area (Å²) in [6.45, 7) is 2.12. The summed E-state index contributed by atoms with van der Waals surface area (Å²) in [5.41, 5.74) is 6.69. The molecule has 0 aromatic heterocycles. The van der Waals surface area contributed by atoms with Crippen molar-refractivity contribution in [3.05, 3.63) is 33.8 Å². The van der Waals surface area contributed by atoms with E-state index in [-0.39, 0.29) is 5.97 Å². The zero-order chi connectivity index (χ0) is 14.3. The van der Waals surface area contributed by atoms with Gasteiger partial charge in [0.15, 0.2) is 0 Å². The Balaban J connectivity index is 2.31. The van der Waals surface area contributed by atoms with Crippen molar-refractivity contribution in [1.29, 1.82) is 0 Å². The van der Waals surface area contributed by atoms with Gasteiger partial charge in [0.25, 0.3) is 0 Å². The summed E-state index contributed by atoms with van der Waals surface area (Å²) in [5.74, 6) is 1.17. The number of thioether (sulfide) groups is 1. The topological polar surface area (TPSA) is 52.3 Å². The molecule has 1 unspecified atom stereocenters. The summed E-state index contributed by atoms with van der Waals surface area (Å²) < 4.78 is 4.84. The van der Waals surface area contributed by atoms with Gasteiger partial charge < -0.3 is 10.5 Å². The Labute approximate surface area is 127 Å². The third-order valence-corrected chi connectivity index (χ3v) is 4.35. The number of esters is 1. The molecule has 0 aliphatic heterocycles. The molecular formula is C13H17Cl2NO2S. The Bertz CT molecular complexity index is 429. The van der Waals surface area contributed by atoms with Gasteiger partial charge in [-0.2, -0.15) is 11.8 Å². The number of nitrogens with two attached hydrogens (primary N) is 1. The maximum Gasteiger partial charge on any atom is 0.322 e. The molecule has 0 saturated heterocycles. The van der Waals surface area contributed by atoms with Crippen LogP contribution in [0.1, 0.15) is 18.9 Å². The molecule has 6 heteroatoms.